The monoisotopic (exact) mass is 363 g/mol. The van der Waals surface area contributed by atoms with Gasteiger partial charge in [0.1, 0.15) is 0 Å². The largest absolute Gasteiger partial charge is 0.464 e. The minimum absolute atomic E-state index is 0.0512. The summed E-state index contributed by atoms with van der Waals surface area (Å²) in [5.41, 5.74) is -0.0512. The molecule has 10 heteroatoms. The van der Waals surface area contributed by atoms with E-state index in [9.17, 15) is 14.9 Å². The number of halogens is 1. The van der Waals surface area contributed by atoms with Crippen molar-refractivity contribution in [2.45, 2.75) is 25.1 Å². The third kappa shape index (κ3) is 4.52. The number of rotatable bonds is 7. The van der Waals surface area contributed by atoms with E-state index in [1.54, 1.807) is 0 Å². The van der Waals surface area contributed by atoms with Crippen LogP contribution in [0.2, 0.25) is 0 Å². The molecule has 0 radical (unpaired) electrons. The minimum atomic E-state index is -1.28. The molecule has 0 spiro atoms. The zero-order valence-corrected chi connectivity index (χ0v) is 14.3. The van der Waals surface area contributed by atoms with E-state index in [1.807, 2.05) is 11.8 Å². The van der Waals surface area contributed by atoms with Gasteiger partial charge in [-0.3, -0.25) is 14.9 Å². The Bertz CT molecular complexity index is 562. The van der Waals surface area contributed by atoms with Crippen molar-refractivity contribution in [1.29, 1.82) is 0 Å². The molecule has 128 valence electrons. The van der Waals surface area contributed by atoms with Gasteiger partial charge in [0.15, 0.2) is 16.2 Å². The molecule has 1 fully saturated rings. The van der Waals surface area contributed by atoms with Crippen molar-refractivity contribution in [3.05, 3.63) is 15.8 Å². The fraction of sp³-hybridized carbons (Fsp3) is 0.692. The van der Waals surface area contributed by atoms with E-state index < -0.39 is 16.3 Å². The number of nitro groups is 1. The van der Waals surface area contributed by atoms with Gasteiger partial charge in [0.25, 0.3) is 0 Å². The number of alkyl halides is 1. The zero-order valence-electron chi connectivity index (χ0n) is 12.7. The van der Waals surface area contributed by atoms with E-state index in [0.717, 1.165) is 17.8 Å². The fourth-order valence-corrected chi connectivity index (χ4v) is 3.25. The summed E-state index contributed by atoms with van der Waals surface area (Å²) in [6, 6.07) is 0. The maximum absolute atomic E-state index is 11.9. The Morgan fingerprint density at radius 1 is 1.57 bits per heavy atom. The molecule has 23 heavy (non-hydrogen) atoms. The molecule has 2 heterocycles. The SMILES string of the molecule is CCCCOC(=O)C(Cl)c1nc(N2CCOCC2)sc1[N+](=O)[O-]. The van der Waals surface area contributed by atoms with E-state index in [4.69, 9.17) is 21.1 Å². The van der Waals surface area contributed by atoms with Crippen LogP contribution in [0.25, 0.3) is 0 Å². The van der Waals surface area contributed by atoms with E-state index in [-0.39, 0.29) is 17.3 Å². The third-order valence-corrected chi connectivity index (χ3v) is 4.73. The summed E-state index contributed by atoms with van der Waals surface area (Å²) in [7, 11) is 0. The number of nitrogens with zero attached hydrogens (tertiary/aromatic N) is 3. The second kappa shape index (κ2) is 8.42. The van der Waals surface area contributed by atoms with E-state index in [1.165, 1.54) is 0 Å². The Hall–Kier alpha value is -1.45. The van der Waals surface area contributed by atoms with Gasteiger partial charge < -0.3 is 14.4 Å². The van der Waals surface area contributed by atoms with Gasteiger partial charge in [-0.2, -0.15) is 0 Å². The predicted molar refractivity (Wildman–Crippen MR) is 86.3 cm³/mol. The number of esters is 1. The van der Waals surface area contributed by atoms with Crippen LogP contribution in [0.5, 0.6) is 0 Å². The Labute approximate surface area is 142 Å². The summed E-state index contributed by atoms with van der Waals surface area (Å²) in [6.07, 6.45) is 1.59. The van der Waals surface area contributed by atoms with Crippen molar-refractivity contribution >= 4 is 39.0 Å². The molecule has 0 saturated carbocycles. The second-order valence-electron chi connectivity index (χ2n) is 4.93. The zero-order chi connectivity index (χ0) is 16.8. The second-order valence-corrected chi connectivity index (χ2v) is 6.32. The molecule has 8 nitrogen and oxygen atoms in total. The average molecular weight is 364 g/mol. The predicted octanol–water partition coefficient (Wildman–Crippen LogP) is 2.51. The fourth-order valence-electron chi connectivity index (χ4n) is 2.00. The van der Waals surface area contributed by atoms with Crippen LogP contribution in [0.1, 0.15) is 30.8 Å². The molecular weight excluding hydrogens is 346 g/mol. The maximum atomic E-state index is 11.9. The molecular formula is C13H18ClN3O5S. The lowest BCUT2D eigenvalue weighted by Gasteiger charge is -2.25. The Kier molecular flexibility index (Phi) is 6.55. The van der Waals surface area contributed by atoms with Crippen LogP contribution in [0.15, 0.2) is 0 Å². The van der Waals surface area contributed by atoms with Crippen molar-refractivity contribution in [2.75, 3.05) is 37.8 Å². The molecule has 1 atom stereocenters. The molecule has 1 aliphatic rings. The molecule has 1 saturated heterocycles. The number of hydrogen-bond acceptors (Lipinski definition) is 8. The number of carbonyl (C=O) groups excluding carboxylic acids is 1. The number of anilines is 1. The highest BCUT2D eigenvalue weighted by Crippen LogP contribution is 2.39. The Balaban J connectivity index is 2.16. The lowest BCUT2D eigenvalue weighted by molar-refractivity contribution is -0.381. The van der Waals surface area contributed by atoms with Gasteiger partial charge in [-0.15, -0.1) is 11.6 Å². The highest BCUT2D eigenvalue weighted by molar-refractivity contribution is 7.19. The Morgan fingerprint density at radius 3 is 2.87 bits per heavy atom. The molecule has 1 aromatic heterocycles. The molecule has 0 amide bonds. The summed E-state index contributed by atoms with van der Waals surface area (Å²) in [5, 5.41) is 10.2. The molecule has 0 bridgehead atoms. The van der Waals surface area contributed by atoms with E-state index >= 15 is 0 Å². The summed E-state index contributed by atoms with van der Waals surface area (Å²) in [4.78, 5) is 28.7. The number of ether oxygens (including phenoxy) is 2. The summed E-state index contributed by atoms with van der Waals surface area (Å²) in [5.74, 6) is -0.706. The van der Waals surface area contributed by atoms with Gasteiger partial charge in [0, 0.05) is 13.1 Å². The van der Waals surface area contributed by atoms with Gasteiger partial charge >= 0.3 is 11.0 Å². The normalized spacial score (nSPS) is 16.2. The van der Waals surface area contributed by atoms with Gasteiger partial charge in [-0.1, -0.05) is 13.3 Å². The third-order valence-electron chi connectivity index (χ3n) is 3.26. The first-order valence-electron chi connectivity index (χ1n) is 7.33. The quantitative estimate of drug-likeness (QED) is 0.241. The van der Waals surface area contributed by atoms with Gasteiger partial charge in [0.05, 0.1) is 24.7 Å². The van der Waals surface area contributed by atoms with Crippen molar-refractivity contribution in [3.63, 3.8) is 0 Å². The molecule has 0 aliphatic carbocycles. The van der Waals surface area contributed by atoms with Crippen LogP contribution in [-0.2, 0) is 14.3 Å². The summed E-state index contributed by atoms with van der Waals surface area (Å²) >= 11 is 6.98. The first-order chi connectivity index (χ1) is 11.0. The van der Waals surface area contributed by atoms with E-state index in [2.05, 4.69) is 4.98 Å². The van der Waals surface area contributed by atoms with Crippen LogP contribution in [0, 0.1) is 10.1 Å². The minimum Gasteiger partial charge on any atom is -0.464 e. The number of aromatic nitrogens is 1. The lowest BCUT2D eigenvalue weighted by atomic mass is 10.3. The van der Waals surface area contributed by atoms with Crippen molar-refractivity contribution in [1.82, 2.24) is 4.98 Å². The van der Waals surface area contributed by atoms with Crippen LogP contribution < -0.4 is 4.90 Å². The van der Waals surface area contributed by atoms with Crippen molar-refractivity contribution in [2.24, 2.45) is 0 Å². The van der Waals surface area contributed by atoms with Crippen molar-refractivity contribution in [3.8, 4) is 0 Å². The first kappa shape index (κ1) is 17.9. The van der Waals surface area contributed by atoms with Crippen molar-refractivity contribution < 1.29 is 19.2 Å². The smallest absolute Gasteiger partial charge is 0.351 e. The molecule has 1 unspecified atom stereocenters. The topological polar surface area (TPSA) is 94.8 Å². The Morgan fingerprint density at radius 2 is 2.26 bits per heavy atom. The number of carbonyl (C=O) groups is 1. The van der Waals surface area contributed by atoms with Gasteiger partial charge in [-0.05, 0) is 17.8 Å². The molecule has 0 N–H and O–H groups in total. The summed E-state index contributed by atoms with van der Waals surface area (Å²) in [6.45, 7) is 4.47. The van der Waals surface area contributed by atoms with E-state index in [0.29, 0.717) is 37.9 Å². The highest BCUT2D eigenvalue weighted by atomic mass is 35.5. The summed E-state index contributed by atoms with van der Waals surface area (Å²) < 4.78 is 10.3. The number of hydrogen-bond donors (Lipinski definition) is 0. The van der Waals surface area contributed by atoms with Crippen LogP contribution in [-0.4, -0.2) is 48.8 Å². The average Bonchev–Trinajstić information content (AvgIpc) is 3.00. The van der Waals surface area contributed by atoms with Gasteiger partial charge in [0.2, 0.25) is 0 Å². The van der Waals surface area contributed by atoms with Gasteiger partial charge in [-0.25, -0.2) is 4.98 Å². The standard InChI is InChI=1S/C13H18ClN3O5S/c1-2-3-6-22-12(18)9(14)10-11(17(19)20)23-13(15-10)16-4-7-21-8-5-16/h9H,2-8H2,1H3. The van der Waals surface area contributed by atoms with Crippen LogP contribution >= 0.6 is 22.9 Å². The number of unbranched alkanes of at least 4 members (excludes halogenated alkanes) is 1. The van der Waals surface area contributed by atoms with Crippen LogP contribution in [0.4, 0.5) is 10.1 Å². The van der Waals surface area contributed by atoms with Crippen LogP contribution in [0.3, 0.4) is 0 Å². The molecule has 1 aliphatic heterocycles. The molecule has 1 aromatic rings. The molecule has 2 rings (SSSR count). The number of thiazole rings is 1. The first-order valence-corrected chi connectivity index (χ1v) is 8.58. The highest BCUT2D eigenvalue weighted by Gasteiger charge is 2.34. The molecule has 0 aromatic carbocycles. The number of morpholine rings is 1. The maximum Gasteiger partial charge on any atom is 0.351 e. The lowest BCUT2D eigenvalue weighted by Crippen LogP contribution is -2.36.